The monoisotopic (exact) mass is 378 g/mol. The third kappa shape index (κ3) is 3.44. The van der Waals surface area contributed by atoms with E-state index in [1.807, 2.05) is 30.3 Å². The molecular weight excluding hydrogens is 360 g/mol. The summed E-state index contributed by atoms with van der Waals surface area (Å²) in [5.41, 5.74) is 1.65. The number of piperidine rings is 1. The number of likely N-dealkylation sites (tertiary alicyclic amines) is 1. The Kier molecular flexibility index (Phi) is 4.65. The van der Waals surface area contributed by atoms with E-state index in [1.54, 1.807) is 17.5 Å². The van der Waals surface area contributed by atoms with Crippen molar-refractivity contribution in [2.24, 2.45) is 0 Å². The predicted molar refractivity (Wildman–Crippen MR) is 106 cm³/mol. The fraction of sp³-hybridized carbons (Fsp3) is 0.250. The lowest BCUT2D eigenvalue weighted by molar-refractivity contribution is 0.133. The van der Waals surface area contributed by atoms with Gasteiger partial charge >= 0.3 is 6.09 Å². The molecule has 1 fully saturated rings. The van der Waals surface area contributed by atoms with Crippen LogP contribution in [0.5, 0.6) is 0 Å². The van der Waals surface area contributed by atoms with Crippen molar-refractivity contribution >= 4 is 33.3 Å². The van der Waals surface area contributed by atoms with Gasteiger partial charge in [-0.15, -0.1) is 11.3 Å². The lowest BCUT2D eigenvalue weighted by atomic mass is 10.1. The predicted octanol–water partition coefficient (Wildman–Crippen LogP) is 4.39. The molecule has 2 N–H and O–H groups in total. The van der Waals surface area contributed by atoms with Gasteiger partial charge in [-0.2, -0.15) is 5.26 Å². The molecule has 0 saturated carbocycles. The summed E-state index contributed by atoms with van der Waals surface area (Å²) >= 11 is 1.58. The number of benzene rings is 1. The van der Waals surface area contributed by atoms with Crippen molar-refractivity contribution in [3.05, 3.63) is 48.2 Å². The van der Waals surface area contributed by atoms with Crippen LogP contribution in [0.1, 0.15) is 18.4 Å². The molecule has 136 valence electrons. The minimum absolute atomic E-state index is 0.0126. The molecule has 0 bridgehead atoms. The maximum Gasteiger partial charge on any atom is 0.407 e. The number of fused-ring (bicyclic) bond motifs is 1. The summed E-state index contributed by atoms with van der Waals surface area (Å²) in [6, 6.07) is 14.3. The van der Waals surface area contributed by atoms with Gasteiger partial charge in [0.15, 0.2) is 0 Å². The minimum atomic E-state index is -0.888. The number of aromatic nitrogens is 1. The third-order valence-electron chi connectivity index (χ3n) is 4.77. The van der Waals surface area contributed by atoms with Crippen molar-refractivity contribution in [3.63, 3.8) is 0 Å². The molecule has 1 aromatic carbocycles. The lowest BCUT2D eigenvalue weighted by Gasteiger charge is -2.31. The first-order valence-electron chi connectivity index (χ1n) is 8.78. The van der Waals surface area contributed by atoms with Gasteiger partial charge < -0.3 is 15.3 Å². The van der Waals surface area contributed by atoms with Crippen LogP contribution in [0.2, 0.25) is 0 Å². The normalized spacial score (nSPS) is 16.9. The van der Waals surface area contributed by atoms with Crippen molar-refractivity contribution in [1.29, 1.82) is 5.26 Å². The first kappa shape index (κ1) is 17.3. The highest BCUT2D eigenvalue weighted by molar-refractivity contribution is 7.22. The Labute approximate surface area is 160 Å². The molecule has 0 unspecified atom stereocenters. The first-order chi connectivity index (χ1) is 13.2. The van der Waals surface area contributed by atoms with Gasteiger partial charge in [-0.25, -0.2) is 9.78 Å². The van der Waals surface area contributed by atoms with Crippen LogP contribution >= 0.6 is 11.3 Å². The molecule has 6 nitrogen and oxygen atoms in total. The second kappa shape index (κ2) is 7.25. The Morgan fingerprint density at radius 2 is 2.19 bits per heavy atom. The number of nitrogens with zero attached hydrogens (tertiary/aromatic N) is 3. The molecule has 0 spiro atoms. The van der Waals surface area contributed by atoms with Crippen LogP contribution in [0.25, 0.3) is 20.5 Å². The number of pyridine rings is 1. The molecule has 0 aliphatic carbocycles. The zero-order chi connectivity index (χ0) is 18.8. The van der Waals surface area contributed by atoms with E-state index < -0.39 is 6.09 Å². The van der Waals surface area contributed by atoms with E-state index in [2.05, 4.69) is 22.4 Å². The molecule has 1 aliphatic rings. The average Bonchev–Trinajstić information content (AvgIpc) is 3.15. The van der Waals surface area contributed by atoms with Gasteiger partial charge in [-0.05, 0) is 24.5 Å². The van der Waals surface area contributed by atoms with Gasteiger partial charge in [0.25, 0.3) is 0 Å². The fourth-order valence-corrected chi connectivity index (χ4v) is 4.55. The molecular formula is C20H18N4O2S. The van der Waals surface area contributed by atoms with E-state index in [1.165, 1.54) is 4.90 Å². The number of hydrogen-bond acceptors (Lipinski definition) is 5. The van der Waals surface area contributed by atoms with Crippen LogP contribution in [-0.2, 0) is 0 Å². The van der Waals surface area contributed by atoms with Crippen molar-refractivity contribution in [1.82, 2.24) is 9.88 Å². The molecule has 1 aliphatic heterocycles. The molecule has 1 atom stereocenters. The van der Waals surface area contributed by atoms with Crippen molar-refractivity contribution in [2.75, 3.05) is 18.4 Å². The zero-order valence-corrected chi connectivity index (χ0v) is 15.4. The Morgan fingerprint density at radius 3 is 2.93 bits per heavy atom. The minimum Gasteiger partial charge on any atom is -0.465 e. The standard InChI is InChI=1S/C20H18N4O2S/c21-10-14-11-22-19(23-15-7-4-8-24(12-15)20(25)26)16-9-17(27-18(14)16)13-5-2-1-3-6-13/h1-3,5-6,9,11,15H,4,7-8,12H2,(H,22,23)(H,25,26)/t15-/m0/s1. The van der Waals surface area contributed by atoms with Crippen LogP contribution in [0.15, 0.2) is 42.6 Å². The van der Waals surface area contributed by atoms with E-state index >= 15 is 0 Å². The van der Waals surface area contributed by atoms with Crippen LogP contribution in [-0.4, -0.2) is 40.2 Å². The number of amides is 1. The summed E-state index contributed by atoms with van der Waals surface area (Å²) in [7, 11) is 0. The number of anilines is 1. The molecule has 2 aromatic heterocycles. The molecule has 7 heteroatoms. The molecule has 3 heterocycles. The SMILES string of the molecule is N#Cc1cnc(N[C@H]2CCCN(C(=O)O)C2)c2cc(-c3ccccc3)sc12. The summed E-state index contributed by atoms with van der Waals surface area (Å²) in [5.74, 6) is 0.708. The fourth-order valence-electron chi connectivity index (χ4n) is 3.43. The number of thiophene rings is 1. The highest BCUT2D eigenvalue weighted by atomic mass is 32.1. The highest BCUT2D eigenvalue weighted by Gasteiger charge is 2.24. The number of nitriles is 1. The van der Waals surface area contributed by atoms with Crippen LogP contribution in [0.3, 0.4) is 0 Å². The molecule has 1 amide bonds. The summed E-state index contributed by atoms with van der Waals surface area (Å²) in [6.07, 6.45) is 2.42. The second-order valence-electron chi connectivity index (χ2n) is 6.56. The molecule has 1 saturated heterocycles. The van der Waals surface area contributed by atoms with Crippen LogP contribution in [0.4, 0.5) is 10.6 Å². The number of rotatable bonds is 3. The smallest absolute Gasteiger partial charge is 0.407 e. The summed E-state index contributed by atoms with van der Waals surface area (Å²) in [5, 5.41) is 23.0. The summed E-state index contributed by atoms with van der Waals surface area (Å²) in [4.78, 5) is 18.2. The van der Waals surface area contributed by atoms with Gasteiger partial charge in [0, 0.05) is 35.6 Å². The van der Waals surface area contributed by atoms with Gasteiger partial charge in [0.1, 0.15) is 11.9 Å². The van der Waals surface area contributed by atoms with E-state index in [-0.39, 0.29) is 6.04 Å². The maximum atomic E-state index is 11.3. The van der Waals surface area contributed by atoms with Crippen LogP contribution < -0.4 is 5.32 Å². The maximum absolute atomic E-state index is 11.3. The average molecular weight is 378 g/mol. The summed E-state index contributed by atoms with van der Waals surface area (Å²) in [6.45, 7) is 1.01. The van der Waals surface area contributed by atoms with Crippen molar-refractivity contribution in [3.8, 4) is 16.5 Å². The summed E-state index contributed by atoms with van der Waals surface area (Å²) < 4.78 is 0.903. The van der Waals surface area contributed by atoms with Gasteiger partial charge in [0.2, 0.25) is 0 Å². The number of nitrogens with one attached hydrogen (secondary N) is 1. The molecule has 27 heavy (non-hydrogen) atoms. The van der Waals surface area contributed by atoms with E-state index in [0.29, 0.717) is 24.5 Å². The van der Waals surface area contributed by atoms with E-state index in [0.717, 1.165) is 33.4 Å². The third-order valence-corrected chi connectivity index (χ3v) is 5.98. The number of carboxylic acid groups (broad SMARTS) is 1. The van der Waals surface area contributed by atoms with Crippen molar-refractivity contribution < 1.29 is 9.90 Å². The van der Waals surface area contributed by atoms with Crippen molar-refractivity contribution in [2.45, 2.75) is 18.9 Å². The topological polar surface area (TPSA) is 89.3 Å². The molecule has 4 rings (SSSR count). The zero-order valence-electron chi connectivity index (χ0n) is 14.6. The van der Waals surface area contributed by atoms with Crippen LogP contribution in [0, 0.1) is 11.3 Å². The van der Waals surface area contributed by atoms with E-state index in [4.69, 9.17) is 0 Å². The van der Waals surface area contributed by atoms with Gasteiger partial charge in [-0.1, -0.05) is 30.3 Å². The molecule has 0 radical (unpaired) electrons. The quantitative estimate of drug-likeness (QED) is 0.705. The Morgan fingerprint density at radius 1 is 1.37 bits per heavy atom. The Bertz CT molecular complexity index is 1030. The Balaban J connectivity index is 1.70. The van der Waals surface area contributed by atoms with E-state index in [9.17, 15) is 15.2 Å². The number of carbonyl (C=O) groups is 1. The Hall–Kier alpha value is -3.11. The molecule has 3 aromatic rings. The largest absolute Gasteiger partial charge is 0.465 e. The number of hydrogen-bond donors (Lipinski definition) is 2. The first-order valence-corrected chi connectivity index (χ1v) is 9.60. The van der Waals surface area contributed by atoms with Gasteiger partial charge in [-0.3, -0.25) is 0 Å². The van der Waals surface area contributed by atoms with Gasteiger partial charge in [0.05, 0.1) is 10.3 Å². The second-order valence-corrected chi connectivity index (χ2v) is 7.62. The lowest BCUT2D eigenvalue weighted by Crippen LogP contribution is -2.44. The highest BCUT2D eigenvalue weighted by Crippen LogP contribution is 2.38.